The van der Waals surface area contributed by atoms with Crippen LogP contribution in [0.4, 0.5) is 0 Å². The molecular weight excluding hydrogens is 410 g/mol. The van der Waals surface area contributed by atoms with Gasteiger partial charge in [0.25, 0.3) is 5.97 Å². The van der Waals surface area contributed by atoms with Crippen LogP contribution in [0.25, 0.3) is 5.57 Å². The van der Waals surface area contributed by atoms with E-state index in [4.69, 9.17) is 9.90 Å². The number of carbonyl (C=O) groups is 2. The van der Waals surface area contributed by atoms with Gasteiger partial charge in [-0.2, -0.15) is 5.21 Å². The van der Waals surface area contributed by atoms with E-state index in [-0.39, 0.29) is 5.92 Å². The number of carboxylic acid groups (broad SMARTS) is 2. The van der Waals surface area contributed by atoms with E-state index in [1.165, 1.54) is 11.1 Å². The van der Waals surface area contributed by atoms with Gasteiger partial charge in [0.2, 0.25) is 0 Å². The maximum Gasteiger partial charge on any atom is 0.307 e. The van der Waals surface area contributed by atoms with Crippen LogP contribution in [0.5, 0.6) is 0 Å². The van der Waals surface area contributed by atoms with Crippen LogP contribution in [-0.2, 0) is 16.0 Å². The fourth-order valence-corrected chi connectivity index (χ4v) is 4.14. The fourth-order valence-electron chi connectivity index (χ4n) is 4.14. The van der Waals surface area contributed by atoms with Crippen LogP contribution in [0.2, 0.25) is 0 Å². The van der Waals surface area contributed by atoms with Crippen molar-refractivity contribution in [2.45, 2.75) is 64.3 Å². The Labute approximate surface area is 188 Å². The van der Waals surface area contributed by atoms with E-state index >= 15 is 0 Å². The molecule has 9 heteroatoms. The van der Waals surface area contributed by atoms with Crippen molar-refractivity contribution in [1.82, 2.24) is 25.9 Å². The Bertz CT molecular complexity index is 894. The van der Waals surface area contributed by atoms with Crippen molar-refractivity contribution < 1.29 is 19.8 Å². The zero-order chi connectivity index (χ0) is 23.5. The standard InChI is InChI=1S/C21H29N5O2.C2H4O2/c1-3-6-18(21(27)28)19(20-23-25-26-24-20)13-15-7-4-5-8-17(15)14-9-11-16(22-2)12-10-14;1-2(3)4/h4-5,7-9,16,18-19,22H,3,6,10-13H2,1-2H3,(H,27,28)(H,23,24,25,26);1H3,(H,3,4)/t16?,18-,19-;/m0./s1. The minimum atomic E-state index is -0.833. The second kappa shape index (κ2) is 12.7. The first kappa shape index (κ1) is 25.2. The van der Waals surface area contributed by atoms with E-state index in [0.29, 0.717) is 24.7 Å². The Hall–Kier alpha value is -3.07. The van der Waals surface area contributed by atoms with Gasteiger partial charge < -0.3 is 15.5 Å². The maximum absolute atomic E-state index is 12.0. The number of benzene rings is 1. The van der Waals surface area contributed by atoms with Gasteiger partial charge in [-0.1, -0.05) is 48.9 Å². The molecule has 174 valence electrons. The largest absolute Gasteiger partial charge is 0.481 e. The van der Waals surface area contributed by atoms with Crippen LogP contribution in [0.3, 0.4) is 0 Å². The average molecular weight is 444 g/mol. The molecule has 4 N–H and O–H groups in total. The zero-order valence-electron chi connectivity index (χ0n) is 18.9. The molecule has 1 heterocycles. The summed E-state index contributed by atoms with van der Waals surface area (Å²) in [5.41, 5.74) is 3.70. The highest BCUT2D eigenvalue weighted by molar-refractivity contribution is 5.72. The summed E-state index contributed by atoms with van der Waals surface area (Å²) in [5, 5.41) is 35.0. The second-order valence-electron chi connectivity index (χ2n) is 7.98. The Morgan fingerprint density at radius 3 is 2.53 bits per heavy atom. The van der Waals surface area contributed by atoms with E-state index in [1.807, 2.05) is 26.1 Å². The number of rotatable bonds is 9. The Morgan fingerprint density at radius 1 is 1.28 bits per heavy atom. The number of aromatic nitrogens is 4. The zero-order valence-corrected chi connectivity index (χ0v) is 18.9. The van der Waals surface area contributed by atoms with Crippen molar-refractivity contribution in [2.75, 3.05) is 7.05 Å². The molecule has 1 aromatic heterocycles. The van der Waals surface area contributed by atoms with Gasteiger partial charge in [0.1, 0.15) is 0 Å². The van der Waals surface area contributed by atoms with Gasteiger partial charge in [0.15, 0.2) is 5.82 Å². The molecule has 0 aliphatic heterocycles. The van der Waals surface area contributed by atoms with Crippen molar-refractivity contribution in [3.8, 4) is 0 Å². The van der Waals surface area contributed by atoms with E-state index in [1.54, 1.807) is 0 Å². The summed E-state index contributed by atoms with van der Waals surface area (Å²) in [6, 6.07) is 8.83. The highest BCUT2D eigenvalue weighted by atomic mass is 16.4. The first-order valence-corrected chi connectivity index (χ1v) is 11.0. The van der Waals surface area contributed by atoms with Crippen LogP contribution in [-0.4, -0.2) is 55.9 Å². The van der Waals surface area contributed by atoms with Gasteiger partial charge in [0.05, 0.1) is 5.92 Å². The Morgan fingerprint density at radius 2 is 2.00 bits per heavy atom. The number of aliphatic carboxylic acids is 2. The topological polar surface area (TPSA) is 141 Å². The number of nitrogens with one attached hydrogen (secondary N) is 2. The summed E-state index contributed by atoms with van der Waals surface area (Å²) in [4.78, 5) is 21.0. The number of tetrazole rings is 1. The van der Waals surface area contributed by atoms with Crippen LogP contribution in [0, 0.1) is 5.92 Å². The lowest BCUT2D eigenvalue weighted by Crippen LogP contribution is -2.27. The molecular formula is C23H33N5O4. The van der Waals surface area contributed by atoms with Gasteiger partial charge in [-0.15, -0.1) is 10.2 Å². The summed E-state index contributed by atoms with van der Waals surface area (Å²) in [6.07, 6.45) is 7.42. The van der Waals surface area contributed by atoms with E-state index in [0.717, 1.165) is 38.2 Å². The molecule has 3 rings (SSSR count). The third-order valence-corrected chi connectivity index (χ3v) is 5.72. The SMILES string of the molecule is CC(=O)O.CCC[C@H](C(=O)O)[C@H](Cc1ccccc1C1=CCC(NC)CC1)c1nn[nH]n1. The van der Waals surface area contributed by atoms with Crippen LogP contribution < -0.4 is 5.32 Å². The molecule has 9 nitrogen and oxygen atoms in total. The van der Waals surface area contributed by atoms with Crippen LogP contribution >= 0.6 is 0 Å². The first-order chi connectivity index (χ1) is 15.4. The molecule has 0 spiro atoms. The van der Waals surface area contributed by atoms with Gasteiger partial charge in [-0.3, -0.25) is 9.59 Å². The normalized spacial score (nSPS) is 17.5. The predicted octanol–water partition coefficient (Wildman–Crippen LogP) is 3.27. The molecule has 0 radical (unpaired) electrons. The highest BCUT2D eigenvalue weighted by Gasteiger charge is 2.32. The lowest BCUT2D eigenvalue weighted by molar-refractivity contribution is -0.143. The van der Waals surface area contributed by atoms with Crippen molar-refractivity contribution >= 4 is 17.5 Å². The second-order valence-corrected chi connectivity index (χ2v) is 7.98. The molecule has 1 aliphatic carbocycles. The van der Waals surface area contributed by atoms with E-state index in [9.17, 15) is 9.90 Å². The number of hydrogen-bond acceptors (Lipinski definition) is 6. The lowest BCUT2D eigenvalue weighted by atomic mass is 9.80. The van der Waals surface area contributed by atoms with Crippen molar-refractivity contribution in [1.29, 1.82) is 0 Å². The maximum atomic E-state index is 12.0. The smallest absolute Gasteiger partial charge is 0.307 e. The molecule has 0 bridgehead atoms. The minimum Gasteiger partial charge on any atom is -0.481 e. The third kappa shape index (κ3) is 7.26. The lowest BCUT2D eigenvalue weighted by Gasteiger charge is -2.25. The Balaban J connectivity index is 0.000000837. The summed E-state index contributed by atoms with van der Waals surface area (Å²) in [7, 11) is 2.01. The number of hydrogen-bond donors (Lipinski definition) is 4. The quantitative estimate of drug-likeness (QED) is 0.463. The summed E-state index contributed by atoms with van der Waals surface area (Å²) >= 11 is 0. The number of carboxylic acids is 2. The van der Waals surface area contributed by atoms with Crippen LogP contribution in [0.1, 0.15) is 68.8 Å². The summed E-state index contributed by atoms with van der Waals surface area (Å²) in [6.45, 7) is 3.09. The molecule has 0 saturated heterocycles. The molecule has 2 aromatic rings. The molecule has 3 atom stereocenters. The fraction of sp³-hybridized carbons (Fsp3) is 0.522. The van der Waals surface area contributed by atoms with Gasteiger partial charge in [-0.25, -0.2) is 0 Å². The average Bonchev–Trinajstić information content (AvgIpc) is 3.31. The van der Waals surface area contributed by atoms with Gasteiger partial charge in [-0.05, 0) is 55.9 Å². The predicted molar refractivity (Wildman–Crippen MR) is 121 cm³/mol. The van der Waals surface area contributed by atoms with Gasteiger partial charge in [0, 0.05) is 18.9 Å². The highest BCUT2D eigenvalue weighted by Crippen LogP contribution is 2.34. The number of allylic oxidation sites excluding steroid dienone is 1. The first-order valence-electron chi connectivity index (χ1n) is 11.0. The molecule has 1 aliphatic rings. The van der Waals surface area contributed by atoms with Crippen molar-refractivity contribution in [2.24, 2.45) is 5.92 Å². The van der Waals surface area contributed by atoms with Crippen LogP contribution in [0.15, 0.2) is 30.3 Å². The molecule has 32 heavy (non-hydrogen) atoms. The summed E-state index contributed by atoms with van der Waals surface area (Å²) in [5.74, 6) is -2.01. The number of aromatic amines is 1. The van der Waals surface area contributed by atoms with Crippen molar-refractivity contribution in [3.63, 3.8) is 0 Å². The summed E-state index contributed by atoms with van der Waals surface area (Å²) < 4.78 is 0. The molecule has 0 amide bonds. The minimum absolute atomic E-state index is 0.313. The number of H-pyrrole nitrogens is 1. The molecule has 1 unspecified atom stereocenters. The molecule has 0 saturated carbocycles. The van der Waals surface area contributed by atoms with Gasteiger partial charge >= 0.3 is 5.97 Å². The van der Waals surface area contributed by atoms with E-state index < -0.39 is 17.9 Å². The number of nitrogens with zero attached hydrogens (tertiary/aromatic N) is 3. The van der Waals surface area contributed by atoms with Crippen molar-refractivity contribution in [3.05, 3.63) is 47.3 Å². The monoisotopic (exact) mass is 443 g/mol. The Kier molecular flexibility index (Phi) is 10.0. The molecule has 0 fully saturated rings. The van der Waals surface area contributed by atoms with E-state index in [2.05, 4.69) is 44.1 Å². The third-order valence-electron chi connectivity index (χ3n) is 5.72. The molecule has 1 aromatic carbocycles.